The van der Waals surface area contributed by atoms with Crippen LogP contribution in [0, 0.1) is 6.92 Å². The second-order valence-corrected chi connectivity index (χ2v) is 3.58. The van der Waals surface area contributed by atoms with Gasteiger partial charge in [0.25, 0.3) is 0 Å². The van der Waals surface area contributed by atoms with Gasteiger partial charge in [-0.1, -0.05) is 17.7 Å². The van der Waals surface area contributed by atoms with Crippen molar-refractivity contribution >= 4 is 27.5 Å². The SMILES string of the molecule is Cc1c(CN)ccc(Br)c1Cl. The molecule has 1 nitrogen and oxygen atoms in total. The minimum absolute atomic E-state index is 0.541. The Morgan fingerprint density at radius 2 is 2.18 bits per heavy atom. The van der Waals surface area contributed by atoms with Gasteiger partial charge in [-0.2, -0.15) is 0 Å². The standard InChI is InChI=1S/C8H9BrClN/c1-5-6(4-11)2-3-7(9)8(5)10/h2-3H,4,11H2,1H3. The van der Waals surface area contributed by atoms with Gasteiger partial charge < -0.3 is 5.73 Å². The summed E-state index contributed by atoms with van der Waals surface area (Å²) in [6.45, 7) is 2.51. The highest BCUT2D eigenvalue weighted by atomic mass is 79.9. The molecule has 1 aromatic rings. The van der Waals surface area contributed by atoms with Crippen LogP contribution in [0.3, 0.4) is 0 Å². The first-order valence-electron chi connectivity index (χ1n) is 3.30. The average Bonchev–Trinajstić information content (AvgIpc) is 2.01. The highest BCUT2D eigenvalue weighted by Gasteiger charge is 2.03. The topological polar surface area (TPSA) is 26.0 Å². The molecule has 1 aromatic carbocycles. The number of nitrogens with two attached hydrogens (primary N) is 1. The van der Waals surface area contributed by atoms with Gasteiger partial charge in [-0.3, -0.25) is 0 Å². The molecular weight excluding hydrogens is 225 g/mol. The average molecular weight is 235 g/mol. The molecule has 1 rings (SSSR count). The highest BCUT2D eigenvalue weighted by Crippen LogP contribution is 2.27. The third-order valence-electron chi connectivity index (χ3n) is 1.67. The molecular formula is C8H9BrClN. The summed E-state index contributed by atoms with van der Waals surface area (Å²) in [5.41, 5.74) is 7.65. The van der Waals surface area contributed by atoms with Crippen molar-refractivity contribution in [2.24, 2.45) is 5.73 Å². The quantitative estimate of drug-likeness (QED) is 0.794. The van der Waals surface area contributed by atoms with Crippen molar-refractivity contribution in [3.8, 4) is 0 Å². The molecule has 0 amide bonds. The van der Waals surface area contributed by atoms with Crippen LogP contribution < -0.4 is 5.73 Å². The van der Waals surface area contributed by atoms with Crippen LogP contribution in [-0.4, -0.2) is 0 Å². The molecule has 0 heterocycles. The second-order valence-electron chi connectivity index (χ2n) is 2.35. The molecule has 0 fully saturated rings. The van der Waals surface area contributed by atoms with Gasteiger partial charge >= 0.3 is 0 Å². The van der Waals surface area contributed by atoms with Crippen molar-refractivity contribution in [1.82, 2.24) is 0 Å². The molecule has 11 heavy (non-hydrogen) atoms. The minimum atomic E-state index is 0.541. The zero-order valence-electron chi connectivity index (χ0n) is 6.20. The van der Waals surface area contributed by atoms with Crippen LogP contribution in [-0.2, 0) is 6.54 Å². The Bertz CT molecular complexity index is 273. The summed E-state index contributed by atoms with van der Waals surface area (Å²) in [5.74, 6) is 0. The van der Waals surface area contributed by atoms with E-state index in [1.54, 1.807) is 0 Å². The number of halogens is 2. The highest BCUT2D eigenvalue weighted by molar-refractivity contribution is 9.10. The lowest BCUT2D eigenvalue weighted by Gasteiger charge is -2.05. The van der Waals surface area contributed by atoms with Crippen LogP contribution in [0.1, 0.15) is 11.1 Å². The number of hydrogen-bond donors (Lipinski definition) is 1. The van der Waals surface area contributed by atoms with Crippen LogP contribution >= 0.6 is 27.5 Å². The van der Waals surface area contributed by atoms with E-state index in [0.717, 1.165) is 20.6 Å². The Morgan fingerprint density at radius 1 is 1.55 bits per heavy atom. The molecule has 60 valence electrons. The zero-order valence-corrected chi connectivity index (χ0v) is 8.54. The van der Waals surface area contributed by atoms with Gasteiger partial charge in [-0.05, 0) is 40.0 Å². The first-order valence-corrected chi connectivity index (χ1v) is 4.47. The summed E-state index contributed by atoms with van der Waals surface area (Å²) in [4.78, 5) is 0. The molecule has 0 aliphatic rings. The van der Waals surface area contributed by atoms with E-state index in [-0.39, 0.29) is 0 Å². The Morgan fingerprint density at radius 3 is 2.73 bits per heavy atom. The van der Waals surface area contributed by atoms with Crippen molar-refractivity contribution in [3.63, 3.8) is 0 Å². The first kappa shape index (κ1) is 9.04. The largest absolute Gasteiger partial charge is 0.326 e. The fourth-order valence-corrected chi connectivity index (χ4v) is 1.53. The van der Waals surface area contributed by atoms with E-state index >= 15 is 0 Å². The molecule has 0 saturated carbocycles. The van der Waals surface area contributed by atoms with Crippen LogP contribution in [0.4, 0.5) is 0 Å². The van der Waals surface area contributed by atoms with E-state index in [0.29, 0.717) is 6.54 Å². The molecule has 0 saturated heterocycles. The molecule has 0 aliphatic heterocycles. The van der Waals surface area contributed by atoms with E-state index in [4.69, 9.17) is 17.3 Å². The lowest BCUT2D eigenvalue weighted by atomic mass is 10.1. The Balaban J connectivity index is 3.25. The number of benzene rings is 1. The van der Waals surface area contributed by atoms with E-state index in [1.807, 2.05) is 19.1 Å². The Labute approximate surface area is 79.7 Å². The summed E-state index contributed by atoms with van der Waals surface area (Å²) in [6.07, 6.45) is 0. The lowest BCUT2D eigenvalue weighted by molar-refractivity contribution is 1.05. The number of hydrogen-bond acceptors (Lipinski definition) is 1. The Kier molecular flexibility index (Phi) is 2.93. The molecule has 0 aliphatic carbocycles. The van der Waals surface area contributed by atoms with Gasteiger partial charge in [-0.15, -0.1) is 0 Å². The maximum atomic E-state index is 5.96. The first-order chi connectivity index (χ1) is 5.16. The van der Waals surface area contributed by atoms with Gasteiger partial charge in [0.05, 0.1) is 5.02 Å². The molecule has 0 unspecified atom stereocenters. The maximum Gasteiger partial charge on any atom is 0.0580 e. The van der Waals surface area contributed by atoms with E-state index in [9.17, 15) is 0 Å². The Hall–Kier alpha value is -0.0500. The summed E-state index contributed by atoms with van der Waals surface area (Å²) < 4.78 is 0.925. The van der Waals surface area contributed by atoms with E-state index in [2.05, 4.69) is 15.9 Å². The third-order valence-corrected chi connectivity index (χ3v) is 3.05. The fourth-order valence-electron chi connectivity index (χ4n) is 0.913. The van der Waals surface area contributed by atoms with Crippen LogP contribution in [0.15, 0.2) is 16.6 Å². The zero-order chi connectivity index (χ0) is 8.43. The van der Waals surface area contributed by atoms with Crippen LogP contribution in [0.25, 0.3) is 0 Å². The fraction of sp³-hybridized carbons (Fsp3) is 0.250. The van der Waals surface area contributed by atoms with E-state index in [1.165, 1.54) is 0 Å². The van der Waals surface area contributed by atoms with Crippen molar-refractivity contribution in [3.05, 3.63) is 32.8 Å². The summed E-state index contributed by atoms with van der Waals surface area (Å²) in [7, 11) is 0. The van der Waals surface area contributed by atoms with Gasteiger partial charge in [0.2, 0.25) is 0 Å². The van der Waals surface area contributed by atoms with E-state index < -0.39 is 0 Å². The molecule has 3 heteroatoms. The van der Waals surface area contributed by atoms with Crippen molar-refractivity contribution in [2.45, 2.75) is 13.5 Å². The third kappa shape index (κ3) is 1.75. The van der Waals surface area contributed by atoms with Gasteiger partial charge in [0.15, 0.2) is 0 Å². The summed E-state index contributed by atoms with van der Waals surface area (Å²) >= 11 is 9.30. The molecule has 0 radical (unpaired) electrons. The molecule has 0 spiro atoms. The lowest BCUT2D eigenvalue weighted by Crippen LogP contribution is -1.99. The van der Waals surface area contributed by atoms with Gasteiger partial charge in [-0.25, -0.2) is 0 Å². The molecule has 0 bridgehead atoms. The minimum Gasteiger partial charge on any atom is -0.326 e. The normalized spacial score (nSPS) is 10.2. The summed E-state index contributed by atoms with van der Waals surface area (Å²) in [5, 5.41) is 0.757. The van der Waals surface area contributed by atoms with Crippen molar-refractivity contribution < 1.29 is 0 Å². The van der Waals surface area contributed by atoms with Crippen molar-refractivity contribution in [2.75, 3.05) is 0 Å². The molecule has 0 atom stereocenters. The summed E-state index contributed by atoms with van der Waals surface area (Å²) in [6, 6.07) is 3.89. The van der Waals surface area contributed by atoms with Gasteiger partial charge in [0.1, 0.15) is 0 Å². The number of rotatable bonds is 1. The molecule has 2 N–H and O–H groups in total. The smallest absolute Gasteiger partial charge is 0.0580 e. The monoisotopic (exact) mass is 233 g/mol. The van der Waals surface area contributed by atoms with Crippen molar-refractivity contribution in [1.29, 1.82) is 0 Å². The maximum absolute atomic E-state index is 5.96. The van der Waals surface area contributed by atoms with Crippen LogP contribution in [0.5, 0.6) is 0 Å². The van der Waals surface area contributed by atoms with Crippen LogP contribution in [0.2, 0.25) is 5.02 Å². The predicted molar refractivity (Wildman–Crippen MR) is 51.8 cm³/mol. The molecule has 0 aromatic heterocycles. The van der Waals surface area contributed by atoms with Gasteiger partial charge in [0, 0.05) is 11.0 Å². The second kappa shape index (κ2) is 3.57. The predicted octanol–water partition coefficient (Wildman–Crippen LogP) is 2.87.